The maximum atomic E-state index is 12.5. The Morgan fingerprint density at radius 2 is 1.83 bits per heavy atom. The van der Waals surface area contributed by atoms with E-state index in [0.717, 1.165) is 23.3 Å². The summed E-state index contributed by atoms with van der Waals surface area (Å²) in [5, 5.41) is 0.587. The summed E-state index contributed by atoms with van der Waals surface area (Å²) in [6.45, 7) is 0.619. The van der Waals surface area contributed by atoms with Gasteiger partial charge in [0.05, 0.1) is 31.1 Å². The molecule has 4 rings (SSSR count). The number of amidine groups is 1. The van der Waals surface area contributed by atoms with Gasteiger partial charge in [0.2, 0.25) is 0 Å². The molecule has 0 bridgehead atoms. The van der Waals surface area contributed by atoms with Crippen molar-refractivity contribution in [3.8, 4) is 5.75 Å². The minimum atomic E-state index is -3.05. The second-order valence-electron chi connectivity index (χ2n) is 7.54. The highest BCUT2D eigenvalue weighted by molar-refractivity contribution is 8.15. The molecule has 0 N–H and O–H groups in total. The number of aliphatic imine (C=N–C) groups is 1. The number of hydrogen-bond acceptors (Lipinski definition) is 5. The Morgan fingerprint density at radius 3 is 2.53 bits per heavy atom. The van der Waals surface area contributed by atoms with Crippen molar-refractivity contribution < 1.29 is 17.9 Å². The molecular weight excluding hydrogens is 420 g/mol. The molecule has 0 unspecified atom stereocenters. The molecule has 2 saturated heterocycles. The quantitative estimate of drug-likeness (QED) is 0.682. The van der Waals surface area contributed by atoms with Gasteiger partial charge in [0.15, 0.2) is 15.0 Å². The van der Waals surface area contributed by atoms with E-state index in [2.05, 4.69) is 4.99 Å². The Labute approximate surface area is 181 Å². The van der Waals surface area contributed by atoms with E-state index >= 15 is 0 Å². The second kappa shape index (κ2) is 8.81. The van der Waals surface area contributed by atoms with Crippen LogP contribution in [0.3, 0.4) is 0 Å². The smallest absolute Gasteiger partial charge is 0.252 e. The van der Waals surface area contributed by atoms with Crippen LogP contribution >= 0.6 is 11.8 Å². The lowest BCUT2D eigenvalue weighted by Gasteiger charge is -2.24. The van der Waals surface area contributed by atoms with Crippen LogP contribution in [0.2, 0.25) is 0 Å². The molecule has 0 saturated carbocycles. The highest BCUT2D eigenvalue weighted by atomic mass is 32.2. The summed E-state index contributed by atoms with van der Waals surface area (Å²) >= 11 is 1.43. The highest BCUT2D eigenvalue weighted by Crippen LogP contribution is 2.38. The summed E-state index contributed by atoms with van der Waals surface area (Å²) in [4.78, 5) is 18.9. The van der Waals surface area contributed by atoms with Crippen LogP contribution in [0, 0.1) is 0 Å². The third-order valence-corrected chi connectivity index (χ3v) is 8.64. The zero-order chi connectivity index (χ0) is 21.1. The number of ether oxygens (including phenoxy) is 1. The van der Waals surface area contributed by atoms with E-state index in [1.807, 2.05) is 59.5 Å². The molecule has 2 aliphatic heterocycles. The fourth-order valence-corrected chi connectivity index (χ4v) is 7.85. The summed E-state index contributed by atoms with van der Waals surface area (Å²) in [6, 6.07) is 17.2. The molecule has 30 heavy (non-hydrogen) atoms. The normalized spacial score (nSPS) is 23.5. The van der Waals surface area contributed by atoms with Gasteiger partial charge in [0.25, 0.3) is 5.91 Å². The molecular formula is C22H24N2O4S2. The summed E-state index contributed by atoms with van der Waals surface area (Å²) in [5.74, 6) is 0.860. The van der Waals surface area contributed by atoms with Crippen LogP contribution in [0.25, 0.3) is 0 Å². The molecule has 2 aliphatic rings. The van der Waals surface area contributed by atoms with Gasteiger partial charge in [-0.3, -0.25) is 4.79 Å². The van der Waals surface area contributed by atoms with E-state index in [-0.39, 0.29) is 35.1 Å². The van der Waals surface area contributed by atoms with Crippen molar-refractivity contribution in [3.05, 3.63) is 65.7 Å². The second-order valence-corrected chi connectivity index (χ2v) is 10.9. The summed E-state index contributed by atoms with van der Waals surface area (Å²) in [7, 11) is -1.42. The Bertz CT molecular complexity index is 1040. The summed E-state index contributed by atoms with van der Waals surface area (Å²) in [5.41, 5.74) is 2.04. The number of sulfone groups is 1. The third-order valence-electron chi connectivity index (χ3n) is 5.39. The van der Waals surface area contributed by atoms with Crippen molar-refractivity contribution in [3.63, 3.8) is 0 Å². The SMILES string of the molecule is COc1ccc(CCN2C(=NC(=O)Cc3ccccc3)S[C@H]3CS(=O)(=O)C[C@H]32)cc1. The fourth-order valence-electron chi connectivity index (χ4n) is 3.86. The number of carbonyl (C=O) groups is 1. The van der Waals surface area contributed by atoms with Crippen LogP contribution < -0.4 is 4.74 Å². The molecule has 8 heteroatoms. The van der Waals surface area contributed by atoms with Gasteiger partial charge < -0.3 is 9.64 Å². The molecule has 0 spiro atoms. The fraction of sp³-hybridized carbons (Fsp3) is 0.364. The number of rotatable bonds is 6. The zero-order valence-corrected chi connectivity index (χ0v) is 18.4. The molecule has 0 aliphatic carbocycles. The van der Waals surface area contributed by atoms with Crippen molar-refractivity contribution in [2.45, 2.75) is 24.1 Å². The number of thioether (sulfide) groups is 1. The average molecular weight is 445 g/mol. The van der Waals surface area contributed by atoms with E-state index in [0.29, 0.717) is 11.7 Å². The van der Waals surface area contributed by atoms with Crippen molar-refractivity contribution in [1.29, 1.82) is 0 Å². The van der Waals surface area contributed by atoms with Crippen molar-refractivity contribution >= 4 is 32.7 Å². The number of fused-ring (bicyclic) bond motifs is 1. The van der Waals surface area contributed by atoms with Crippen LogP contribution in [-0.4, -0.2) is 60.8 Å². The number of carbonyl (C=O) groups excluding carboxylic acids is 1. The van der Waals surface area contributed by atoms with E-state index < -0.39 is 9.84 Å². The van der Waals surface area contributed by atoms with Crippen LogP contribution in [0.15, 0.2) is 59.6 Å². The number of amides is 1. The van der Waals surface area contributed by atoms with Crippen LogP contribution in [0.4, 0.5) is 0 Å². The number of nitrogens with zero attached hydrogens (tertiary/aromatic N) is 2. The first-order valence-corrected chi connectivity index (χ1v) is 12.6. The highest BCUT2D eigenvalue weighted by Gasteiger charge is 2.48. The number of benzene rings is 2. The van der Waals surface area contributed by atoms with Crippen molar-refractivity contribution in [2.24, 2.45) is 4.99 Å². The van der Waals surface area contributed by atoms with Gasteiger partial charge in [0, 0.05) is 11.8 Å². The molecule has 158 valence electrons. The Morgan fingerprint density at radius 1 is 1.10 bits per heavy atom. The van der Waals surface area contributed by atoms with Gasteiger partial charge in [-0.15, -0.1) is 0 Å². The van der Waals surface area contributed by atoms with E-state index in [4.69, 9.17) is 4.74 Å². The van der Waals surface area contributed by atoms with Crippen LogP contribution in [-0.2, 0) is 27.5 Å². The topological polar surface area (TPSA) is 76.0 Å². The average Bonchev–Trinajstić information content (AvgIpc) is 3.18. The molecule has 2 heterocycles. The molecule has 1 amide bonds. The number of methoxy groups -OCH3 is 1. The molecule has 2 fully saturated rings. The lowest BCUT2D eigenvalue weighted by molar-refractivity contribution is -0.117. The van der Waals surface area contributed by atoms with Gasteiger partial charge in [-0.05, 0) is 29.7 Å². The lowest BCUT2D eigenvalue weighted by Crippen LogP contribution is -2.39. The maximum absolute atomic E-state index is 12.5. The Kier molecular flexibility index (Phi) is 6.15. The van der Waals surface area contributed by atoms with Gasteiger partial charge in [0.1, 0.15) is 5.75 Å². The molecule has 2 aromatic rings. The predicted molar refractivity (Wildman–Crippen MR) is 120 cm³/mol. The minimum Gasteiger partial charge on any atom is -0.497 e. The van der Waals surface area contributed by atoms with Gasteiger partial charge in [-0.2, -0.15) is 4.99 Å². The molecule has 6 nitrogen and oxygen atoms in total. The molecule has 0 radical (unpaired) electrons. The van der Waals surface area contributed by atoms with Gasteiger partial charge >= 0.3 is 0 Å². The maximum Gasteiger partial charge on any atom is 0.252 e. The van der Waals surface area contributed by atoms with Crippen LogP contribution in [0.5, 0.6) is 5.75 Å². The first-order chi connectivity index (χ1) is 14.4. The number of hydrogen-bond donors (Lipinski definition) is 0. The van der Waals surface area contributed by atoms with Crippen molar-refractivity contribution in [2.75, 3.05) is 25.2 Å². The Hall–Kier alpha value is -2.32. The lowest BCUT2D eigenvalue weighted by atomic mass is 10.1. The summed E-state index contributed by atoms with van der Waals surface area (Å²) < 4.78 is 29.5. The minimum absolute atomic E-state index is 0.0610. The monoisotopic (exact) mass is 444 g/mol. The first-order valence-electron chi connectivity index (χ1n) is 9.85. The molecule has 0 aromatic heterocycles. The van der Waals surface area contributed by atoms with E-state index in [1.165, 1.54) is 11.8 Å². The summed E-state index contributed by atoms with van der Waals surface area (Å²) in [6.07, 6.45) is 0.977. The standard InChI is InChI=1S/C22H24N2O4S2/c1-28-18-9-7-16(8-10-18)11-12-24-19-14-30(26,27)15-20(19)29-22(24)23-21(25)13-17-5-3-2-4-6-17/h2-10,19-20H,11-15H2,1H3/t19-,20+/m1/s1. The molecule has 2 aromatic carbocycles. The van der Waals surface area contributed by atoms with Gasteiger partial charge in [-0.25, -0.2) is 8.42 Å². The Balaban J connectivity index is 1.50. The van der Waals surface area contributed by atoms with Crippen LogP contribution in [0.1, 0.15) is 11.1 Å². The van der Waals surface area contributed by atoms with Gasteiger partial charge in [-0.1, -0.05) is 54.2 Å². The zero-order valence-electron chi connectivity index (χ0n) is 16.7. The largest absolute Gasteiger partial charge is 0.497 e. The molecule has 2 atom stereocenters. The third kappa shape index (κ3) is 4.87. The predicted octanol–water partition coefficient (Wildman–Crippen LogP) is 2.58. The van der Waals surface area contributed by atoms with Crippen molar-refractivity contribution in [1.82, 2.24) is 4.90 Å². The van der Waals surface area contributed by atoms with E-state index in [1.54, 1.807) is 7.11 Å². The first kappa shape index (κ1) is 20.9. The van der Waals surface area contributed by atoms with E-state index in [9.17, 15) is 13.2 Å².